The first-order chi connectivity index (χ1) is 6.69. The van der Waals surface area contributed by atoms with E-state index in [0.717, 1.165) is 4.47 Å². The molecule has 0 aliphatic rings. The summed E-state index contributed by atoms with van der Waals surface area (Å²) >= 11 is 9.11. The van der Waals surface area contributed by atoms with Crippen molar-refractivity contribution in [3.05, 3.63) is 27.2 Å². The van der Waals surface area contributed by atoms with Crippen molar-refractivity contribution < 1.29 is 14.3 Å². The van der Waals surface area contributed by atoms with Gasteiger partial charge in [0.05, 0.1) is 10.6 Å². The van der Waals surface area contributed by atoms with Crippen LogP contribution in [0, 0.1) is 0 Å². The molecule has 0 bridgehead atoms. The summed E-state index contributed by atoms with van der Waals surface area (Å²) < 4.78 is 10.6. The van der Waals surface area contributed by atoms with Gasteiger partial charge in [-0.2, -0.15) is 0 Å². The summed E-state index contributed by atoms with van der Waals surface area (Å²) in [6.07, 6.45) is 0.682. The molecular formula is C9H8BrClO3. The zero-order valence-corrected chi connectivity index (χ0v) is 9.76. The van der Waals surface area contributed by atoms with Crippen molar-refractivity contribution in [2.75, 3.05) is 13.9 Å². The van der Waals surface area contributed by atoms with Gasteiger partial charge in [0.15, 0.2) is 18.8 Å². The van der Waals surface area contributed by atoms with Gasteiger partial charge in [0.2, 0.25) is 0 Å². The van der Waals surface area contributed by atoms with Crippen LogP contribution in [0.15, 0.2) is 16.6 Å². The maximum Gasteiger partial charge on any atom is 0.188 e. The van der Waals surface area contributed by atoms with E-state index in [2.05, 4.69) is 15.9 Å². The van der Waals surface area contributed by atoms with Crippen molar-refractivity contribution in [2.45, 2.75) is 0 Å². The Morgan fingerprint density at radius 3 is 2.86 bits per heavy atom. The molecule has 0 heterocycles. The van der Waals surface area contributed by atoms with Crippen molar-refractivity contribution in [1.29, 1.82) is 0 Å². The highest BCUT2D eigenvalue weighted by molar-refractivity contribution is 9.10. The van der Waals surface area contributed by atoms with Crippen molar-refractivity contribution in [1.82, 2.24) is 0 Å². The highest BCUT2D eigenvalue weighted by atomic mass is 79.9. The van der Waals surface area contributed by atoms with Crippen LogP contribution in [0.1, 0.15) is 10.4 Å². The fraction of sp³-hybridized carbons (Fsp3) is 0.222. The Labute approximate surface area is 95.1 Å². The molecule has 0 aromatic heterocycles. The van der Waals surface area contributed by atoms with E-state index in [9.17, 15) is 4.79 Å². The predicted molar refractivity (Wildman–Crippen MR) is 57.0 cm³/mol. The van der Waals surface area contributed by atoms with Crippen LogP contribution in [0.3, 0.4) is 0 Å². The Morgan fingerprint density at radius 2 is 2.29 bits per heavy atom. The summed E-state index contributed by atoms with van der Waals surface area (Å²) in [7, 11) is 1.49. The molecule has 0 aliphatic heterocycles. The summed E-state index contributed by atoms with van der Waals surface area (Å²) in [5, 5.41) is 0.374. The first-order valence-electron chi connectivity index (χ1n) is 3.75. The van der Waals surface area contributed by atoms with Crippen molar-refractivity contribution in [2.24, 2.45) is 0 Å². The maximum atomic E-state index is 10.7. The van der Waals surface area contributed by atoms with E-state index >= 15 is 0 Å². The highest BCUT2D eigenvalue weighted by Crippen LogP contribution is 2.31. The number of hydrogen-bond acceptors (Lipinski definition) is 3. The van der Waals surface area contributed by atoms with Crippen LogP contribution in [0.2, 0.25) is 5.02 Å². The van der Waals surface area contributed by atoms with Crippen LogP contribution >= 0.6 is 27.5 Å². The maximum absolute atomic E-state index is 10.7. The van der Waals surface area contributed by atoms with Gasteiger partial charge in [0, 0.05) is 11.6 Å². The second-order valence-corrected chi connectivity index (χ2v) is 3.80. The molecule has 1 aromatic carbocycles. The lowest BCUT2D eigenvalue weighted by molar-refractivity contribution is 0.0506. The summed E-state index contributed by atoms with van der Waals surface area (Å²) in [4.78, 5) is 10.7. The van der Waals surface area contributed by atoms with Crippen molar-refractivity contribution in [3.8, 4) is 5.75 Å². The highest BCUT2D eigenvalue weighted by Gasteiger charge is 2.09. The first kappa shape index (κ1) is 11.5. The number of halogens is 2. The predicted octanol–water partition coefficient (Wildman–Crippen LogP) is 2.90. The van der Waals surface area contributed by atoms with Crippen LogP contribution in [0.4, 0.5) is 0 Å². The molecule has 0 fully saturated rings. The van der Waals surface area contributed by atoms with E-state index in [0.29, 0.717) is 22.6 Å². The standard InChI is InChI=1S/C9H8BrClO3/c1-13-5-14-9-6(4-12)2-7(10)3-8(9)11/h2-4H,5H2,1H3. The Hall–Kier alpha value is -0.580. The molecule has 0 amide bonds. The number of ether oxygens (including phenoxy) is 2. The number of carbonyl (C=O) groups excluding carboxylic acids is 1. The Kier molecular flexibility index (Phi) is 4.38. The summed E-state index contributed by atoms with van der Waals surface area (Å²) in [5.74, 6) is 0.340. The molecule has 0 atom stereocenters. The van der Waals surface area contributed by atoms with E-state index in [1.54, 1.807) is 12.1 Å². The van der Waals surface area contributed by atoms with E-state index in [1.807, 2.05) is 0 Å². The fourth-order valence-electron chi connectivity index (χ4n) is 0.938. The zero-order chi connectivity index (χ0) is 10.6. The first-order valence-corrected chi connectivity index (χ1v) is 4.92. The molecule has 0 N–H and O–H groups in total. The molecule has 1 aromatic rings. The molecule has 0 saturated heterocycles. The smallest absolute Gasteiger partial charge is 0.188 e. The quantitative estimate of drug-likeness (QED) is 0.628. The Bertz CT molecular complexity index is 341. The van der Waals surface area contributed by atoms with Crippen LogP contribution in [-0.2, 0) is 4.74 Å². The van der Waals surface area contributed by atoms with Crippen LogP contribution in [0.5, 0.6) is 5.75 Å². The molecule has 3 nitrogen and oxygen atoms in total. The third kappa shape index (κ3) is 2.70. The lowest BCUT2D eigenvalue weighted by atomic mass is 10.2. The number of benzene rings is 1. The van der Waals surface area contributed by atoms with E-state index in [1.165, 1.54) is 7.11 Å². The average Bonchev–Trinajstić information content (AvgIpc) is 2.15. The lowest BCUT2D eigenvalue weighted by Crippen LogP contribution is -2.02. The van der Waals surface area contributed by atoms with Gasteiger partial charge < -0.3 is 9.47 Å². The lowest BCUT2D eigenvalue weighted by Gasteiger charge is -2.09. The van der Waals surface area contributed by atoms with Gasteiger partial charge in [-0.25, -0.2) is 0 Å². The summed E-state index contributed by atoms with van der Waals surface area (Å²) in [5.41, 5.74) is 0.390. The van der Waals surface area contributed by atoms with Crippen molar-refractivity contribution >= 4 is 33.8 Å². The number of rotatable bonds is 4. The molecule has 14 heavy (non-hydrogen) atoms. The van der Waals surface area contributed by atoms with E-state index < -0.39 is 0 Å². The van der Waals surface area contributed by atoms with E-state index in [4.69, 9.17) is 21.1 Å². The minimum atomic E-state index is 0.0577. The second kappa shape index (κ2) is 5.34. The largest absolute Gasteiger partial charge is 0.465 e. The molecular weight excluding hydrogens is 271 g/mol. The normalized spacial score (nSPS) is 9.93. The van der Waals surface area contributed by atoms with Gasteiger partial charge in [-0.1, -0.05) is 27.5 Å². The summed E-state index contributed by atoms with van der Waals surface area (Å²) in [6.45, 7) is 0.0577. The fourth-order valence-corrected chi connectivity index (χ4v) is 1.83. The van der Waals surface area contributed by atoms with Gasteiger partial charge >= 0.3 is 0 Å². The number of aldehydes is 1. The Balaban J connectivity index is 3.05. The molecule has 0 aliphatic carbocycles. The van der Waals surface area contributed by atoms with Gasteiger partial charge in [-0.05, 0) is 12.1 Å². The second-order valence-electron chi connectivity index (χ2n) is 2.47. The number of carbonyl (C=O) groups is 1. The molecule has 0 unspecified atom stereocenters. The third-order valence-electron chi connectivity index (χ3n) is 1.49. The van der Waals surface area contributed by atoms with Crippen LogP contribution < -0.4 is 4.74 Å². The molecule has 5 heteroatoms. The zero-order valence-electron chi connectivity index (χ0n) is 7.42. The molecule has 0 radical (unpaired) electrons. The average molecular weight is 280 g/mol. The van der Waals surface area contributed by atoms with Crippen molar-refractivity contribution in [3.63, 3.8) is 0 Å². The third-order valence-corrected chi connectivity index (χ3v) is 2.22. The van der Waals surface area contributed by atoms with Gasteiger partial charge in [0.1, 0.15) is 0 Å². The number of hydrogen-bond donors (Lipinski definition) is 0. The SMILES string of the molecule is COCOc1c(Cl)cc(Br)cc1C=O. The topological polar surface area (TPSA) is 35.5 Å². The van der Waals surface area contributed by atoms with Gasteiger partial charge in [-0.3, -0.25) is 4.79 Å². The molecule has 1 rings (SSSR count). The monoisotopic (exact) mass is 278 g/mol. The van der Waals surface area contributed by atoms with Crippen LogP contribution in [-0.4, -0.2) is 20.2 Å². The Morgan fingerprint density at radius 1 is 1.57 bits per heavy atom. The minimum absolute atomic E-state index is 0.0577. The molecule has 76 valence electrons. The molecule has 0 spiro atoms. The minimum Gasteiger partial charge on any atom is -0.465 e. The summed E-state index contributed by atoms with van der Waals surface area (Å²) in [6, 6.07) is 3.28. The van der Waals surface area contributed by atoms with Gasteiger partial charge in [0.25, 0.3) is 0 Å². The van der Waals surface area contributed by atoms with E-state index in [-0.39, 0.29) is 6.79 Å². The van der Waals surface area contributed by atoms with Crippen LogP contribution in [0.25, 0.3) is 0 Å². The van der Waals surface area contributed by atoms with Gasteiger partial charge in [-0.15, -0.1) is 0 Å². The molecule has 0 saturated carbocycles. The number of methoxy groups -OCH3 is 1.